The van der Waals surface area contributed by atoms with E-state index in [0.29, 0.717) is 38.2 Å². The van der Waals surface area contributed by atoms with Crippen LogP contribution in [0.2, 0.25) is 0 Å². The maximum Gasteiger partial charge on any atom is 0.275 e. The second-order valence-corrected chi connectivity index (χ2v) is 8.24. The van der Waals surface area contributed by atoms with E-state index in [4.69, 9.17) is 4.74 Å². The lowest BCUT2D eigenvalue weighted by Crippen LogP contribution is -2.51. The van der Waals surface area contributed by atoms with E-state index in [1.54, 1.807) is 12.0 Å². The number of nitrogens with zero attached hydrogens (tertiary/aromatic N) is 2. The first-order valence-electron chi connectivity index (χ1n) is 8.04. The Bertz CT molecular complexity index is 879. The van der Waals surface area contributed by atoms with E-state index in [0.717, 1.165) is 17.2 Å². The number of ether oxygens (including phenoxy) is 1. The first-order valence-corrected chi connectivity index (χ1v) is 9.93. The largest absolute Gasteiger partial charge is 0.385 e. The molecule has 0 saturated carbocycles. The Morgan fingerprint density at radius 2 is 2.20 bits per heavy atom. The molecule has 136 valence electrons. The fraction of sp³-hybridized carbons (Fsp3) is 0.500. The highest BCUT2D eigenvalue weighted by Crippen LogP contribution is 2.28. The molecule has 0 spiro atoms. The smallest absolute Gasteiger partial charge is 0.275 e. The summed E-state index contributed by atoms with van der Waals surface area (Å²) >= 11 is 0. The van der Waals surface area contributed by atoms with Gasteiger partial charge in [-0.15, -0.1) is 0 Å². The van der Waals surface area contributed by atoms with Gasteiger partial charge in [0.2, 0.25) is 10.0 Å². The third kappa shape index (κ3) is 3.83. The zero-order chi connectivity index (χ0) is 18.1. The van der Waals surface area contributed by atoms with Crippen molar-refractivity contribution < 1.29 is 17.9 Å². The molecule has 25 heavy (non-hydrogen) atoms. The molecule has 2 aromatic rings. The number of hydrogen-bond acceptors (Lipinski definition) is 5. The summed E-state index contributed by atoms with van der Waals surface area (Å²) in [6, 6.07) is 7.43. The SMILES string of the molecule is COCCC1(NS(C)(=O)=O)CCN(C(=O)c2n[nH]c3ccccc23)C1. The van der Waals surface area contributed by atoms with E-state index in [9.17, 15) is 13.2 Å². The molecule has 2 N–H and O–H groups in total. The molecule has 1 saturated heterocycles. The van der Waals surface area contributed by atoms with Crippen LogP contribution in [0.3, 0.4) is 0 Å². The van der Waals surface area contributed by atoms with E-state index in [2.05, 4.69) is 14.9 Å². The van der Waals surface area contributed by atoms with Crippen LogP contribution < -0.4 is 4.72 Å². The van der Waals surface area contributed by atoms with Crippen LogP contribution in [0.1, 0.15) is 23.3 Å². The molecule has 1 unspecified atom stereocenters. The standard InChI is InChI=1S/C16H22N4O4S/c1-24-10-8-16(19-25(2,22)23)7-9-20(11-16)15(21)14-12-5-3-4-6-13(12)17-18-14/h3-6,19H,7-11H2,1-2H3,(H,17,18). The molecule has 1 atom stereocenters. The average Bonchev–Trinajstić information content (AvgIpc) is 3.16. The molecule has 1 aliphatic heterocycles. The number of likely N-dealkylation sites (tertiary alicyclic amines) is 1. The first-order chi connectivity index (χ1) is 11.8. The molecule has 1 fully saturated rings. The van der Waals surface area contributed by atoms with E-state index in [1.807, 2.05) is 24.3 Å². The van der Waals surface area contributed by atoms with Gasteiger partial charge in [0, 0.05) is 32.2 Å². The number of sulfonamides is 1. The predicted octanol–water partition coefficient (Wildman–Crippen LogP) is 0.733. The Labute approximate surface area is 146 Å². The molecule has 0 bridgehead atoms. The number of aromatic amines is 1. The van der Waals surface area contributed by atoms with Crippen LogP contribution in [0.5, 0.6) is 0 Å². The second-order valence-electron chi connectivity index (χ2n) is 6.49. The summed E-state index contributed by atoms with van der Waals surface area (Å²) in [5.74, 6) is -0.202. The van der Waals surface area contributed by atoms with Gasteiger partial charge in [-0.25, -0.2) is 13.1 Å². The van der Waals surface area contributed by atoms with Gasteiger partial charge < -0.3 is 9.64 Å². The number of rotatable bonds is 6. The van der Waals surface area contributed by atoms with Gasteiger partial charge in [-0.05, 0) is 18.9 Å². The summed E-state index contributed by atoms with van der Waals surface area (Å²) in [6.07, 6.45) is 2.17. The molecule has 1 aliphatic rings. The minimum Gasteiger partial charge on any atom is -0.385 e. The van der Waals surface area contributed by atoms with Crippen LogP contribution in [-0.2, 0) is 14.8 Å². The van der Waals surface area contributed by atoms with Gasteiger partial charge in [-0.1, -0.05) is 18.2 Å². The zero-order valence-corrected chi connectivity index (χ0v) is 15.1. The number of fused-ring (bicyclic) bond motifs is 1. The summed E-state index contributed by atoms with van der Waals surface area (Å²) in [7, 11) is -1.83. The van der Waals surface area contributed by atoms with Gasteiger partial charge in [0.15, 0.2) is 5.69 Å². The number of methoxy groups -OCH3 is 1. The summed E-state index contributed by atoms with van der Waals surface area (Å²) in [4.78, 5) is 14.5. The summed E-state index contributed by atoms with van der Waals surface area (Å²) in [5, 5.41) is 7.76. The van der Waals surface area contributed by atoms with E-state index < -0.39 is 15.6 Å². The van der Waals surface area contributed by atoms with Crippen LogP contribution in [0, 0.1) is 0 Å². The Morgan fingerprint density at radius 3 is 2.92 bits per heavy atom. The normalized spacial score (nSPS) is 21.1. The predicted molar refractivity (Wildman–Crippen MR) is 93.8 cm³/mol. The number of carbonyl (C=O) groups is 1. The first kappa shape index (κ1) is 17.8. The maximum atomic E-state index is 12.9. The van der Waals surface area contributed by atoms with Gasteiger partial charge in [0.25, 0.3) is 5.91 Å². The summed E-state index contributed by atoms with van der Waals surface area (Å²) < 4.78 is 31.3. The topological polar surface area (TPSA) is 104 Å². The average molecular weight is 366 g/mol. The van der Waals surface area contributed by atoms with Crippen molar-refractivity contribution >= 4 is 26.8 Å². The van der Waals surface area contributed by atoms with Crippen molar-refractivity contribution in [2.45, 2.75) is 18.4 Å². The van der Waals surface area contributed by atoms with E-state index >= 15 is 0 Å². The van der Waals surface area contributed by atoms with Crippen LogP contribution >= 0.6 is 0 Å². The molecule has 1 aromatic heterocycles. The number of carbonyl (C=O) groups excluding carboxylic acids is 1. The number of amides is 1. The fourth-order valence-electron chi connectivity index (χ4n) is 3.35. The maximum absolute atomic E-state index is 12.9. The highest BCUT2D eigenvalue weighted by molar-refractivity contribution is 7.88. The number of nitrogens with one attached hydrogen (secondary N) is 2. The molecule has 8 nitrogen and oxygen atoms in total. The van der Waals surface area contributed by atoms with Gasteiger partial charge in [0.1, 0.15) is 0 Å². The van der Waals surface area contributed by atoms with E-state index in [1.165, 1.54) is 0 Å². The number of para-hydroxylation sites is 1. The van der Waals surface area contributed by atoms with Crippen molar-refractivity contribution in [3.8, 4) is 0 Å². The minimum absolute atomic E-state index is 0.202. The van der Waals surface area contributed by atoms with Crippen molar-refractivity contribution in [3.05, 3.63) is 30.0 Å². The molecule has 3 rings (SSSR count). The fourth-order valence-corrected chi connectivity index (χ4v) is 4.41. The van der Waals surface area contributed by atoms with Gasteiger partial charge in [0.05, 0.1) is 17.3 Å². The number of benzene rings is 1. The lowest BCUT2D eigenvalue weighted by Gasteiger charge is -2.29. The van der Waals surface area contributed by atoms with Crippen molar-refractivity contribution in [2.75, 3.05) is 33.1 Å². The monoisotopic (exact) mass is 366 g/mol. The van der Waals surface area contributed by atoms with Gasteiger partial charge in [-0.2, -0.15) is 5.10 Å². The molecule has 9 heteroatoms. The molecule has 0 radical (unpaired) electrons. The number of H-pyrrole nitrogens is 1. The van der Waals surface area contributed by atoms with Gasteiger partial charge >= 0.3 is 0 Å². The molecule has 1 aromatic carbocycles. The number of hydrogen-bond donors (Lipinski definition) is 2. The summed E-state index contributed by atoms with van der Waals surface area (Å²) in [6.45, 7) is 1.17. The van der Waals surface area contributed by atoms with Crippen molar-refractivity contribution in [1.29, 1.82) is 0 Å². The minimum atomic E-state index is -3.40. The lowest BCUT2D eigenvalue weighted by molar-refractivity contribution is 0.0771. The number of aromatic nitrogens is 2. The third-order valence-corrected chi connectivity index (χ3v) is 5.30. The van der Waals surface area contributed by atoms with Crippen molar-refractivity contribution in [1.82, 2.24) is 19.8 Å². The molecule has 2 heterocycles. The van der Waals surface area contributed by atoms with Crippen molar-refractivity contribution in [2.24, 2.45) is 0 Å². The third-order valence-electron chi connectivity index (χ3n) is 4.50. The van der Waals surface area contributed by atoms with Crippen molar-refractivity contribution in [3.63, 3.8) is 0 Å². The van der Waals surface area contributed by atoms with Crippen LogP contribution in [-0.4, -0.2) is 68.0 Å². The molecule has 1 amide bonds. The second kappa shape index (κ2) is 6.74. The van der Waals surface area contributed by atoms with Crippen LogP contribution in [0.15, 0.2) is 24.3 Å². The molecular weight excluding hydrogens is 344 g/mol. The Hall–Kier alpha value is -1.97. The molecular formula is C16H22N4O4S. The zero-order valence-electron chi connectivity index (χ0n) is 14.3. The van der Waals surface area contributed by atoms with Crippen LogP contribution in [0.4, 0.5) is 0 Å². The quantitative estimate of drug-likeness (QED) is 0.784. The Kier molecular flexibility index (Phi) is 4.81. The highest BCUT2D eigenvalue weighted by Gasteiger charge is 2.42. The molecule has 0 aliphatic carbocycles. The van der Waals surface area contributed by atoms with Gasteiger partial charge in [-0.3, -0.25) is 9.89 Å². The summed E-state index contributed by atoms with van der Waals surface area (Å²) in [5.41, 5.74) is 0.452. The van der Waals surface area contributed by atoms with Crippen LogP contribution in [0.25, 0.3) is 10.9 Å². The highest BCUT2D eigenvalue weighted by atomic mass is 32.2. The van der Waals surface area contributed by atoms with E-state index in [-0.39, 0.29) is 5.91 Å². The lowest BCUT2D eigenvalue weighted by atomic mass is 9.96. The Balaban J connectivity index is 1.83. The Morgan fingerprint density at radius 1 is 1.44 bits per heavy atom.